The number of likely N-dealkylation sites (N-methyl/N-ethyl adjacent to an activating group) is 1. The van der Waals surface area contributed by atoms with E-state index in [-0.39, 0.29) is 10.9 Å². The van der Waals surface area contributed by atoms with Gasteiger partial charge in [0.2, 0.25) is 0 Å². The summed E-state index contributed by atoms with van der Waals surface area (Å²) in [5, 5.41) is 0.0716. The SMILES string of the molecule is COc1ccc(OCc2ccccc2/C=C(\CCO[Si](C)(C)C(C)(C)C)C(=O)N(C)c2cccc(COCc3ccccc3)c2I)cc1. The Hall–Kier alpha value is -3.44. The first-order chi connectivity index (χ1) is 22.9. The normalized spacial score (nSPS) is 12.1. The summed E-state index contributed by atoms with van der Waals surface area (Å²) in [4.78, 5) is 16.1. The van der Waals surface area contributed by atoms with E-state index in [0.717, 1.165) is 43.0 Å². The molecule has 0 unspecified atom stereocenters. The molecule has 0 aliphatic rings. The highest BCUT2D eigenvalue weighted by molar-refractivity contribution is 14.1. The predicted octanol–water partition coefficient (Wildman–Crippen LogP) is 10.1. The van der Waals surface area contributed by atoms with Gasteiger partial charge in [-0.2, -0.15) is 0 Å². The number of anilines is 1. The average Bonchev–Trinajstić information content (AvgIpc) is 3.07. The lowest BCUT2D eigenvalue weighted by molar-refractivity contribution is -0.115. The summed E-state index contributed by atoms with van der Waals surface area (Å²) < 4.78 is 25.0. The van der Waals surface area contributed by atoms with Crippen LogP contribution in [0, 0.1) is 3.57 Å². The molecule has 0 fully saturated rings. The molecule has 48 heavy (non-hydrogen) atoms. The summed E-state index contributed by atoms with van der Waals surface area (Å²) in [5.74, 6) is 1.45. The van der Waals surface area contributed by atoms with Crippen LogP contribution in [0.4, 0.5) is 5.69 Å². The summed E-state index contributed by atoms with van der Waals surface area (Å²) in [6.45, 7) is 13.0. The van der Waals surface area contributed by atoms with Crippen LogP contribution in [0.5, 0.6) is 11.5 Å². The Morgan fingerprint density at radius 1 is 0.812 bits per heavy atom. The number of ether oxygens (including phenoxy) is 3. The van der Waals surface area contributed by atoms with Gasteiger partial charge in [0.25, 0.3) is 5.91 Å². The van der Waals surface area contributed by atoms with Crippen molar-refractivity contribution in [3.05, 3.63) is 128 Å². The minimum Gasteiger partial charge on any atom is -0.497 e. The molecule has 0 aliphatic heterocycles. The van der Waals surface area contributed by atoms with E-state index >= 15 is 0 Å². The maximum atomic E-state index is 14.3. The molecule has 0 saturated carbocycles. The number of methoxy groups -OCH3 is 1. The van der Waals surface area contributed by atoms with E-state index < -0.39 is 8.32 Å². The number of amides is 1. The molecule has 0 N–H and O–H groups in total. The highest BCUT2D eigenvalue weighted by Gasteiger charge is 2.37. The summed E-state index contributed by atoms with van der Waals surface area (Å²) in [6, 6.07) is 31.7. The molecule has 0 spiro atoms. The third kappa shape index (κ3) is 10.3. The van der Waals surface area contributed by atoms with E-state index in [4.69, 9.17) is 18.6 Å². The van der Waals surface area contributed by atoms with Crippen LogP contribution in [0.2, 0.25) is 18.1 Å². The van der Waals surface area contributed by atoms with Crippen LogP contribution in [-0.2, 0) is 33.8 Å². The van der Waals surface area contributed by atoms with Gasteiger partial charge in [-0.05, 0) is 106 Å². The Morgan fingerprint density at radius 3 is 2.15 bits per heavy atom. The van der Waals surface area contributed by atoms with Gasteiger partial charge < -0.3 is 23.5 Å². The maximum absolute atomic E-state index is 14.3. The van der Waals surface area contributed by atoms with Crippen LogP contribution in [0.25, 0.3) is 6.08 Å². The molecule has 0 aliphatic carbocycles. The number of carbonyl (C=O) groups excluding carboxylic acids is 1. The molecule has 6 nitrogen and oxygen atoms in total. The third-order valence-corrected chi connectivity index (χ3v) is 14.6. The summed E-state index contributed by atoms with van der Waals surface area (Å²) >= 11 is 2.33. The van der Waals surface area contributed by atoms with Crippen LogP contribution in [0.3, 0.4) is 0 Å². The molecule has 0 atom stereocenters. The van der Waals surface area contributed by atoms with Gasteiger partial charge in [-0.3, -0.25) is 4.79 Å². The molecule has 4 aromatic rings. The number of rotatable bonds is 15. The zero-order valence-electron chi connectivity index (χ0n) is 29.2. The number of halogens is 1. The Balaban J connectivity index is 1.58. The number of benzene rings is 4. The van der Waals surface area contributed by atoms with E-state index in [1.54, 1.807) is 12.0 Å². The summed E-state index contributed by atoms with van der Waals surface area (Å²) in [5.41, 5.74) is 5.60. The first-order valence-corrected chi connectivity index (χ1v) is 20.2. The minimum atomic E-state index is -2.01. The van der Waals surface area contributed by atoms with E-state index in [1.807, 2.05) is 92.0 Å². The third-order valence-electron chi connectivity index (χ3n) is 8.85. The average molecular weight is 778 g/mol. The molecule has 254 valence electrons. The van der Waals surface area contributed by atoms with Crippen molar-refractivity contribution >= 4 is 48.6 Å². The summed E-state index contributed by atoms with van der Waals surface area (Å²) in [7, 11) is 1.48. The van der Waals surface area contributed by atoms with Gasteiger partial charge in [0.1, 0.15) is 18.1 Å². The van der Waals surface area contributed by atoms with Gasteiger partial charge in [0.05, 0.1) is 26.0 Å². The zero-order chi connectivity index (χ0) is 34.7. The molecular formula is C40H48INO5Si. The van der Waals surface area contributed by atoms with Crippen molar-refractivity contribution in [2.75, 3.05) is 25.7 Å². The second-order valence-corrected chi connectivity index (χ2v) is 19.2. The number of hydrogen-bond donors (Lipinski definition) is 0. The van der Waals surface area contributed by atoms with E-state index in [1.165, 1.54) is 0 Å². The molecule has 4 aromatic carbocycles. The van der Waals surface area contributed by atoms with Crippen molar-refractivity contribution in [2.45, 2.75) is 65.1 Å². The van der Waals surface area contributed by atoms with Crippen molar-refractivity contribution in [3.63, 3.8) is 0 Å². The fraction of sp³-hybridized carbons (Fsp3) is 0.325. The van der Waals surface area contributed by atoms with Crippen LogP contribution in [0.15, 0.2) is 103 Å². The topological polar surface area (TPSA) is 57.2 Å². The van der Waals surface area contributed by atoms with E-state index in [2.05, 4.69) is 74.7 Å². The number of hydrogen-bond acceptors (Lipinski definition) is 5. The minimum absolute atomic E-state index is 0.0695. The van der Waals surface area contributed by atoms with Crippen molar-refractivity contribution in [3.8, 4) is 11.5 Å². The number of nitrogens with zero attached hydrogens (tertiary/aromatic N) is 1. The van der Waals surface area contributed by atoms with Gasteiger partial charge in [-0.1, -0.05) is 87.5 Å². The van der Waals surface area contributed by atoms with Gasteiger partial charge >= 0.3 is 0 Å². The van der Waals surface area contributed by atoms with Gasteiger partial charge in [0, 0.05) is 22.8 Å². The fourth-order valence-corrected chi connectivity index (χ4v) is 6.74. The van der Waals surface area contributed by atoms with Crippen molar-refractivity contribution in [1.82, 2.24) is 0 Å². The molecule has 0 aromatic heterocycles. The molecule has 0 bridgehead atoms. The molecule has 0 radical (unpaired) electrons. The van der Waals surface area contributed by atoms with Gasteiger partial charge in [-0.15, -0.1) is 0 Å². The molecule has 4 rings (SSSR count). The zero-order valence-corrected chi connectivity index (χ0v) is 32.4. The van der Waals surface area contributed by atoms with Crippen molar-refractivity contribution < 1.29 is 23.4 Å². The quantitative estimate of drug-likeness (QED) is 0.0684. The van der Waals surface area contributed by atoms with Crippen LogP contribution in [-0.4, -0.2) is 35.0 Å². The smallest absolute Gasteiger partial charge is 0.254 e. The Morgan fingerprint density at radius 2 is 1.46 bits per heavy atom. The molecule has 0 saturated heterocycles. The first kappa shape index (κ1) is 37.4. The van der Waals surface area contributed by atoms with Gasteiger partial charge in [-0.25, -0.2) is 0 Å². The van der Waals surface area contributed by atoms with Gasteiger partial charge in [0.15, 0.2) is 8.32 Å². The largest absolute Gasteiger partial charge is 0.497 e. The molecule has 1 amide bonds. The Bertz CT molecular complexity index is 1670. The second-order valence-electron chi connectivity index (χ2n) is 13.3. The van der Waals surface area contributed by atoms with Crippen molar-refractivity contribution in [2.24, 2.45) is 0 Å². The predicted molar refractivity (Wildman–Crippen MR) is 207 cm³/mol. The first-order valence-electron chi connectivity index (χ1n) is 16.3. The summed E-state index contributed by atoms with van der Waals surface area (Å²) in [6.07, 6.45) is 2.49. The lowest BCUT2D eigenvalue weighted by atomic mass is 10.0. The molecule has 8 heteroatoms. The highest BCUT2D eigenvalue weighted by atomic mass is 127. The number of carbonyl (C=O) groups is 1. The second kappa shape index (κ2) is 17.3. The monoisotopic (exact) mass is 777 g/mol. The Kier molecular flexibility index (Phi) is 13.5. The van der Waals surface area contributed by atoms with Crippen molar-refractivity contribution in [1.29, 1.82) is 0 Å². The Labute approximate surface area is 301 Å². The van der Waals surface area contributed by atoms with E-state index in [0.29, 0.717) is 38.4 Å². The van der Waals surface area contributed by atoms with Crippen LogP contribution < -0.4 is 14.4 Å². The lowest BCUT2D eigenvalue weighted by Crippen LogP contribution is -2.41. The standard InChI is InChI=1S/C40H48INO5Si/c1-40(2,3)48(6,7)47-25-24-32(26-31-16-11-12-17-33(31)29-46-36-22-20-35(44-5)21-23-36)39(43)42(4)37-19-13-18-34(38(37)41)28-45-27-30-14-9-8-10-15-30/h8-23,26H,24-25,27-29H2,1-7H3/b32-26+. The maximum Gasteiger partial charge on any atom is 0.254 e. The fourth-order valence-electron chi connectivity index (χ4n) is 4.82. The van der Waals surface area contributed by atoms with E-state index in [9.17, 15) is 4.79 Å². The van der Waals surface area contributed by atoms with Crippen LogP contribution in [0.1, 0.15) is 49.4 Å². The lowest BCUT2D eigenvalue weighted by Gasteiger charge is -2.36. The molecular weight excluding hydrogens is 729 g/mol. The highest BCUT2D eigenvalue weighted by Crippen LogP contribution is 2.37. The molecule has 0 heterocycles. The van der Waals surface area contributed by atoms with Crippen LogP contribution >= 0.6 is 22.6 Å².